The van der Waals surface area contributed by atoms with Gasteiger partial charge >= 0.3 is 0 Å². The van der Waals surface area contributed by atoms with Crippen LogP contribution in [0.25, 0.3) is 0 Å². The maximum absolute atomic E-state index is 14.0. The van der Waals surface area contributed by atoms with Gasteiger partial charge in [-0.1, -0.05) is 18.2 Å². The smallest absolute Gasteiger partial charge is 0.214 e. The van der Waals surface area contributed by atoms with Crippen LogP contribution >= 0.6 is 24.0 Å². The fraction of sp³-hybridized carbons (Fsp3) is 0.588. The fourth-order valence-electron chi connectivity index (χ4n) is 3.30. The molecule has 1 aromatic rings. The average Bonchev–Trinajstić information content (AvgIpc) is 3.29. The minimum Gasteiger partial charge on any atom is -0.356 e. The molecule has 0 spiro atoms. The number of benzene rings is 1. The van der Waals surface area contributed by atoms with Crippen LogP contribution in [-0.2, 0) is 15.4 Å². The quantitative estimate of drug-likeness (QED) is 0.357. The number of nitrogens with one attached hydrogen (secondary N) is 2. The second-order valence-corrected chi connectivity index (χ2v) is 8.77. The summed E-state index contributed by atoms with van der Waals surface area (Å²) in [5.41, 5.74) is 0.586. The van der Waals surface area contributed by atoms with Gasteiger partial charge in [0.2, 0.25) is 10.0 Å². The van der Waals surface area contributed by atoms with Crippen molar-refractivity contribution >= 4 is 40.0 Å². The number of sulfonamides is 1. The Bertz CT molecular complexity index is 753. The highest BCUT2D eigenvalue weighted by Crippen LogP contribution is 2.48. The van der Waals surface area contributed by atoms with Gasteiger partial charge in [-0.15, -0.1) is 24.0 Å². The lowest BCUT2D eigenvalue weighted by molar-refractivity contribution is 0.444. The Morgan fingerprint density at radius 2 is 2.04 bits per heavy atom. The number of hydrogen-bond acceptors (Lipinski definition) is 3. The minimum atomic E-state index is -3.07. The van der Waals surface area contributed by atoms with E-state index in [9.17, 15) is 12.8 Å². The Morgan fingerprint density at radius 3 is 2.62 bits per heavy atom. The molecular weight excluding hydrogens is 470 g/mol. The third-order valence-electron chi connectivity index (χ3n) is 4.97. The van der Waals surface area contributed by atoms with Crippen molar-refractivity contribution in [1.29, 1.82) is 0 Å². The third-order valence-corrected chi connectivity index (χ3v) is 6.93. The van der Waals surface area contributed by atoms with Crippen molar-refractivity contribution in [3.63, 3.8) is 0 Å². The van der Waals surface area contributed by atoms with Crippen LogP contribution in [0.2, 0.25) is 0 Å². The second kappa shape index (κ2) is 8.83. The molecule has 0 bridgehead atoms. The zero-order chi connectivity index (χ0) is 17.9. The van der Waals surface area contributed by atoms with Crippen molar-refractivity contribution in [1.82, 2.24) is 14.9 Å². The average molecular weight is 496 g/mol. The first-order valence-corrected chi connectivity index (χ1v) is 10.3. The Kier molecular flexibility index (Phi) is 7.26. The number of nitrogens with zero attached hydrogens (tertiary/aromatic N) is 2. The molecule has 3 rings (SSSR count). The van der Waals surface area contributed by atoms with Crippen molar-refractivity contribution in [3.05, 3.63) is 35.6 Å². The Balaban J connectivity index is 0.00000243. The molecule has 9 heteroatoms. The van der Waals surface area contributed by atoms with Crippen molar-refractivity contribution in [2.45, 2.75) is 24.7 Å². The molecule has 2 aliphatic rings. The van der Waals surface area contributed by atoms with Crippen LogP contribution in [0.15, 0.2) is 29.3 Å². The Labute approximate surface area is 171 Å². The van der Waals surface area contributed by atoms with E-state index in [0.717, 1.165) is 18.4 Å². The van der Waals surface area contributed by atoms with Gasteiger partial charge in [0.25, 0.3) is 0 Å². The summed E-state index contributed by atoms with van der Waals surface area (Å²) in [7, 11) is -1.40. The first-order chi connectivity index (χ1) is 12.0. The first kappa shape index (κ1) is 21.4. The lowest BCUT2D eigenvalue weighted by Gasteiger charge is -2.20. The minimum absolute atomic E-state index is 0. The van der Waals surface area contributed by atoms with E-state index in [-0.39, 0.29) is 41.0 Å². The SMILES string of the molecule is CN=C(NCCN1CCCS1(=O)=O)NCC1(c2ccccc2F)CC1.I. The highest BCUT2D eigenvalue weighted by Gasteiger charge is 2.45. The lowest BCUT2D eigenvalue weighted by Crippen LogP contribution is -2.44. The van der Waals surface area contributed by atoms with Crippen LogP contribution in [0.3, 0.4) is 0 Å². The molecule has 0 atom stereocenters. The van der Waals surface area contributed by atoms with Crippen LogP contribution in [0.1, 0.15) is 24.8 Å². The summed E-state index contributed by atoms with van der Waals surface area (Å²) in [6.07, 6.45) is 2.59. The summed E-state index contributed by atoms with van der Waals surface area (Å²) in [5, 5.41) is 6.39. The number of guanidine groups is 1. The predicted octanol–water partition coefficient (Wildman–Crippen LogP) is 1.68. The van der Waals surface area contributed by atoms with Crippen LogP contribution < -0.4 is 10.6 Å². The third kappa shape index (κ3) is 4.86. The molecule has 0 unspecified atom stereocenters. The first-order valence-electron chi connectivity index (χ1n) is 8.64. The van der Waals surface area contributed by atoms with E-state index in [2.05, 4.69) is 15.6 Å². The topological polar surface area (TPSA) is 73.8 Å². The highest BCUT2D eigenvalue weighted by molar-refractivity contribution is 14.0. The van der Waals surface area contributed by atoms with Crippen molar-refractivity contribution in [2.75, 3.05) is 39.0 Å². The summed E-state index contributed by atoms with van der Waals surface area (Å²) in [4.78, 5) is 4.17. The molecule has 1 aliphatic carbocycles. The van der Waals surface area contributed by atoms with Crippen molar-refractivity contribution < 1.29 is 12.8 Å². The van der Waals surface area contributed by atoms with Crippen LogP contribution in [-0.4, -0.2) is 57.7 Å². The monoisotopic (exact) mass is 496 g/mol. The summed E-state index contributed by atoms with van der Waals surface area (Å²) in [6, 6.07) is 6.91. The molecule has 2 fully saturated rings. The summed E-state index contributed by atoms with van der Waals surface area (Å²) in [5.74, 6) is 0.689. The molecule has 1 aromatic carbocycles. The second-order valence-electron chi connectivity index (χ2n) is 6.68. The molecule has 1 heterocycles. The van der Waals surface area contributed by atoms with Gasteiger partial charge in [0, 0.05) is 38.6 Å². The summed E-state index contributed by atoms with van der Waals surface area (Å²) >= 11 is 0. The fourth-order valence-corrected chi connectivity index (χ4v) is 4.83. The number of hydrogen-bond donors (Lipinski definition) is 2. The number of halogens is 2. The maximum atomic E-state index is 14.0. The summed E-state index contributed by atoms with van der Waals surface area (Å²) in [6.45, 7) is 2.12. The molecule has 0 amide bonds. The molecule has 1 saturated carbocycles. The highest BCUT2D eigenvalue weighted by atomic mass is 127. The largest absolute Gasteiger partial charge is 0.356 e. The van der Waals surface area contributed by atoms with E-state index >= 15 is 0 Å². The zero-order valence-electron chi connectivity index (χ0n) is 14.9. The van der Waals surface area contributed by atoms with Gasteiger partial charge in [-0.2, -0.15) is 0 Å². The molecule has 1 aliphatic heterocycles. The van der Waals surface area contributed by atoms with Gasteiger partial charge in [0.1, 0.15) is 5.82 Å². The van der Waals surface area contributed by atoms with E-state index in [4.69, 9.17) is 0 Å². The van der Waals surface area contributed by atoms with Crippen LogP contribution in [0.5, 0.6) is 0 Å². The molecule has 2 N–H and O–H groups in total. The molecule has 0 radical (unpaired) electrons. The van der Waals surface area contributed by atoms with E-state index in [1.807, 2.05) is 12.1 Å². The molecule has 26 heavy (non-hydrogen) atoms. The molecule has 6 nitrogen and oxygen atoms in total. The van der Waals surface area contributed by atoms with E-state index in [0.29, 0.717) is 38.6 Å². The van der Waals surface area contributed by atoms with Crippen molar-refractivity contribution in [2.24, 2.45) is 4.99 Å². The zero-order valence-corrected chi connectivity index (χ0v) is 18.0. The normalized spacial score (nSPS) is 21.1. The Morgan fingerprint density at radius 1 is 1.31 bits per heavy atom. The molecule has 1 saturated heterocycles. The van der Waals surface area contributed by atoms with Crippen LogP contribution in [0, 0.1) is 5.82 Å². The van der Waals surface area contributed by atoms with Gasteiger partial charge in [-0.25, -0.2) is 17.1 Å². The van der Waals surface area contributed by atoms with Gasteiger partial charge < -0.3 is 10.6 Å². The van der Waals surface area contributed by atoms with Gasteiger partial charge in [-0.3, -0.25) is 4.99 Å². The molecular formula is C17H26FIN4O2S. The maximum Gasteiger partial charge on any atom is 0.214 e. The lowest BCUT2D eigenvalue weighted by atomic mass is 9.95. The van der Waals surface area contributed by atoms with Gasteiger partial charge in [0.05, 0.1) is 5.75 Å². The molecule has 0 aromatic heterocycles. The number of rotatable bonds is 6. The van der Waals surface area contributed by atoms with Gasteiger partial charge in [-0.05, 0) is 30.9 Å². The van der Waals surface area contributed by atoms with E-state index < -0.39 is 10.0 Å². The van der Waals surface area contributed by atoms with E-state index in [1.165, 1.54) is 10.4 Å². The Hall–Kier alpha value is -0.940. The van der Waals surface area contributed by atoms with Crippen LogP contribution in [0.4, 0.5) is 4.39 Å². The van der Waals surface area contributed by atoms with Gasteiger partial charge in [0.15, 0.2) is 5.96 Å². The summed E-state index contributed by atoms with van der Waals surface area (Å²) < 4.78 is 39.1. The number of aliphatic imine (C=N–C) groups is 1. The van der Waals surface area contributed by atoms with E-state index in [1.54, 1.807) is 13.1 Å². The predicted molar refractivity (Wildman–Crippen MR) is 112 cm³/mol. The van der Waals surface area contributed by atoms with Crippen molar-refractivity contribution in [3.8, 4) is 0 Å². The molecule has 146 valence electrons. The standard InChI is InChI=1S/C17H25FN4O2S.HI/c1-19-16(20-9-11-22-10-4-12-25(22,23)24)21-13-17(7-8-17)14-5-2-3-6-15(14)18;/h2-3,5-6H,4,7-13H2,1H3,(H2,19,20,21);1H.